The normalized spacial score (nSPS) is 10.2. The van der Waals surface area contributed by atoms with E-state index in [9.17, 15) is 4.79 Å². The fourth-order valence-electron chi connectivity index (χ4n) is 1.18. The first kappa shape index (κ1) is 12.3. The van der Waals surface area contributed by atoms with Crippen molar-refractivity contribution in [3.63, 3.8) is 0 Å². The molecule has 0 heterocycles. The summed E-state index contributed by atoms with van der Waals surface area (Å²) in [5.74, 6) is 0.105. The smallest absolute Gasteiger partial charge is 0.334 e. The van der Waals surface area contributed by atoms with E-state index in [4.69, 9.17) is 9.84 Å². The average Bonchev–Trinajstić information content (AvgIpc) is 2.26. The zero-order valence-electron chi connectivity index (χ0n) is 9.56. The maximum atomic E-state index is 10.5. The Balaban J connectivity index is 2.56. The molecule has 86 valence electrons. The number of carboxylic acids is 1. The van der Waals surface area contributed by atoms with Crippen LogP contribution in [0, 0.1) is 0 Å². The maximum Gasteiger partial charge on any atom is 0.334 e. The number of rotatable bonds is 5. The molecule has 0 saturated carbocycles. The van der Waals surface area contributed by atoms with Gasteiger partial charge in [0.05, 0.1) is 5.57 Å². The van der Waals surface area contributed by atoms with Gasteiger partial charge in [0.25, 0.3) is 0 Å². The minimum absolute atomic E-state index is 0.0103. The molecule has 0 unspecified atom stereocenters. The highest BCUT2D eigenvalue weighted by Crippen LogP contribution is 2.18. The highest BCUT2D eigenvalue weighted by atomic mass is 16.5. The Morgan fingerprint density at radius 3 is 2.38 bits per heavy atom. The van der Waals surface area contributed by atoms with E-state index in [0.717, 1.165) is 0 Å². The fourth-order valence-corrected chi connectivity index (χ4v) is 1.18. The summed E-state index contributed by atoms with van der Waals surface area (Å²) in [6.07, 6.45) is 0. The van der Waals surface area contributed by atoms with Crippen molar-refractivity contribution < 1.29 is 14.6 Å². The molecule has 0 fully saturated rings. The Hall–Kier alpha value is -1.77. The first-order valence-electron chi connectivity index (χ1n) is 5.14. The minimum atomic E-state index is -1.03. The van der Waals surface area contributed by atoms with Crippen LogP contribution in [-0.4, -0.2) is 17.7 Å². The van der Waals surface area contributed by atoms with Gasteiger partial charge >= 0.3 is 5.97 Å². The summed E-state index contributed by atoms with van der Waals surface area (Å²) in [5.41, 5.74) is 1.28. The van der Waals surface area contributed by atoms with Crippen molar-refractivity contribution in [2.75, 3.05) is 6.61 Å². The summed E-state index contributed by atoms with van der Waals surface area (Å²) in [6, 6.07) is 7.63. The quantitative estimate of drug-likeness (QED) is 0.776. The van der Waals surface area contributed by atoms with Gasteiger partial charge in [-0.15, -0.1) is 0 Å². The van der Waals surface area contributed by atoms with E-state index in [1.807, 2.05) is 24.3 Å². The third-order valence-electron chi connectivity index (χ3n) is 2.26. The van der Waals surface area contributed by atoms with Crippen molar-refractivity contribution in [3.8, 4) is 5.75 Å². The Kier molecular flexibility index (Phi) is 4.11. The largest absolute Gasteiger partial charge is 0.489 e. The van der Waals surface area contributed by atoms with Crippen LogP contribution in [-0.2, 0) is 4.79 Å². The molecule has 0 amide bonds. The molecule has 16 heavy (non-hydrogen) atoms. The molecular formula is C13H16O3. The molecule has 3 heteroatoms. The zero-order chi connectivity index (χ0) is 12.1. The second-order valence-corrected chi connectivity index (χ2v) is 3.92. The number of aliphatic carboxylic acids is 1. The lowest BCUT2D eigenvalue weighted by atomic mass is 10.0. The van der Waals surface area contributed by atoms with Gasteiger partial charge < -0.3 is 9.84 Å². The molecule has 1 aromatic rings. The van der Waals surface area contributed by atoms with Crippen LogP contribution < -0.4 is 4.74 Å². The lowest BCUT2D eigenvalue weighted by molar-refractivity contribution is -0.133. The molecule has 3 nitrogen and oxygen atoms in total. The molecule has 0 radical (unpaired) electrons. The van der Waals surface area contributed by atoms with Crippen LogP contribution in [0.25, 0.3) is 0 Å². The number of carbonyl (C=O) groups is 1. The van der Waals surface area contributed by atoms with E-state index < -0.39 is 5.97 Å². The summed E-state index contributed by atoms with van der Waals surface area (Å²) >= 11 is 0. The van der Waals surface area contributed by atoms with Gasteiger partial charge in [-0.2, -0.15) is 0 Å². The molecule has 0 bridgehead atoms. The first-order chi connectivity index (χ1) is 7.50. The van der Waals surface area contributed by atoms with Gasteiger partial charge in [0, 0.05) is 0 Å². The van der Waals surface area contributed by atoms with Crippen LogP contribution in [0.2, 0.25) is 0 Å². The number of hydrogen-bond acceptors (Lipinski definition) is 2. The van der Waals surface area contributed by atoms with Crippen LogP contribution in [0.3, 0.4) is 0 Å². The first-order valence-corrected chi connectivity index (χ1v) is 5.14. The van der Waals surface area contributed by atoms with Crippen LogP contribution in [0.5, 0.6) is 5.75 Å². The Labute approximate surface area is 95.4 Å². The topological polar surface area (TPSA) is 46.5 Å². The molecule has 0 aliphatic carbocycles. The predicted octanol–water partition coefficient (Wildman–Crippen LogP) is 2.83. The van der Waals surface area contributed by atoms with Crippen LogP contribution >= 0.6 is 0 Å². The van der Waals surface area contributed by atoms with Gasteiger partial charge in [0.2, 0.25) is 0 Å². The van der Waals surface area contributed by atoms with E-state index in [1.54, 1.807) is 0 Å². The van der Waals surface area contributed by atoms with Crippen molar-refractivity contribution in [3.05, 3.63) is 42.0 Å². The predicted molar refractivity (Wildman–Crippen MR) is 62.8 cm³/mol. The van der Waals surface area contributed by atoms with E-state index in [2.05, 4.69) is 20.4 Å². The van der Waals surface area contributed by atoms with Crippen LogP contribution in [0.1, 0.15) is 25.3 Å². The Bertz CT molecular complexity index is 377. The SMILES string of the molecule is C=C(COc1ccc(C(C)C)cc1)C(=O)O. The third-order valence-corrected chi connectivity index (χ3v) is 2.26. The van der Waals surface area contributed by atoms with E-state index in [0.29, 0.717) is 11.7 Å². The lowest BCUT2D eigenvalue weighted by Crippen LogP contribution is -2.08. The summed E-state index contributed by atoms with van der Waals surface area (Å²) in [7, 11) is 0. The average molecular weight is 220 g/mol. The number of carboxylic acid groups (broad SMARTS) is 1. The monoisotopic (exact) mass is 220 g/mol. The van der Waals surface area contributed by atoms with Gasteiger partial charge in [-0.05, 0) is 23.6 Å². The van der Waals surface area contributed by atoms with Crippen molar-refractivity contribution >= 4 is 5.97 Å². The van der Waals surface area contributed by atoms with Crippen LogP contribution in [0.4, 0.5) is 0 Å². The number of ether oxygens (including phenoxy) is 1. The van der Waals surface area contributed by atoms with Gasteiger partial charge in [-0.1, -0.05) is 32.6 Å². The van der Waals surface area contributed by atoms with Crippen LogP contribution in [0.15, 0.2) is 36.4 Å². The highest BCUT2D eigenvalue weighted by Gasteiger charge is 2.05. The van der Waals surface area contributed by atoms with Gasteiger partial charge in [-0.25, -0.2) is 4.79 Å². The molecule has 0 saturated heterocycles. The van der Waals surface area contributed by atoms with Gasteiger partial charge in [-0.3, -0.25) is 0 Å². The van der Waals surface area contributed by atoms with Gasteiger partial charge in [0.15, 0.2) is 0 Å². The standard InChI is InChI=1S/C13H16O3/c1-9(2)11-4-6-12(7-5-11)16-8-10(3)13(14)15/h4-7,9H,3,8H2,1-2H3,(H,14,15). The zero-order valence-corrected chi connectivity index (χ0v) is 9.56. The summed E-state index contributed by atoms with van der Waals surface area (Å²) in [6.45, 7) is 7.63. The van der Waals surface area contributed by atoms with E-state index in [-0.39, 0.29) is 12.2 Å². The molecule has 0 aromatic heterocycles. The molecule has 0 atom stereocenters. The number of hydrogen-bond donors (Lipinski definition) is 1. The maximum absolute atomic E-state index is 10.5. The molecule has 1 aromatic carbocycles. The second kappa shape index (κ2) is 5.35. The van der Waals surface area contributed by atoms with Crippen molar-refractivity contribution in [1.82, 2.24) is 0 Å². The molecule has 0 aliphatic rings. The molecular weight excluding hydrogens is 204 g/mol. The van der Waals surface area contributed by atoms with E-state index in [1.165, 1.54) is 5.56 Å². The highest BCUT2D eigenvalue weighted by molar-refractivity contribution is 5.86. The molecule has 0 aliphatic heterocycles. The molecule has 1 rings (SSSR count). The van der Waals surface area contributed by atoms with Crippen molar-refractivity contribution in [2.24, 2.45) is 0 Å². The summed E-state index contributed by atoms with van der Waals surface area (Å²) in [4.78, 5) is 10.5. The minimum Gasteiger partial charge on any atom is -0.489 e. The Morgan fingerprint density at radius 2 is 1.94 bits per heavy atom. The molecule has 1 N–H and O–H groups in total. The van der Waals surface area contributed by atoms with Crippen molar-refractivity contribution in [2.45, 2.75) is 19.8 Å². The second-order valence-electron chi connectivity index (χ2n) is 3.92. The number of benzene rings is 1. The summed E-state index contributed by atoms with van der Waals surface area (Å²) < 4.78 is 5.28. The summed E-state index contributed by atoms with van der Waals surface area (Å²) in [5, 5.41) is 8.60. The third kappa shape index (κ3) is 3.42. The molecule has 0 spiro atoms. The lowest BCUT2D eigenvalue weighted by Gasteiger charge is -2.08. The Morgan fingerprint density at radius 1 is 1.38 bits per heavy atom. The van der Waals surface area contributed by atoms with Crippen molar-refractivity contribution in [1.29, 1.82) is 0 Å². The fraction of sp³-hybridized carbons (Fsp3) is 0.308. The van der Waals surface area contributed by atoms with Gasteiger partial charge in [0.1, 0.15) is 12.4 Å². The van der Waals surface area contributed by atoms with E-state index >= 15 is 0 Å².